The number of nitriles is 1. The van der Waals surface area contributed by atoms with E-state index in [1.165, 1.54) is 24.1 Å². The SMILES string of the molecule is CN(CC(=O)O)c1ccc(C#N)cc1[N+](=O)[O-]. The first-order chi connectivity index (χ1) is 7.95. The van der Waals surface area contributed by atoms with Crippen LogP contribution in [0, 0.1) is 21.4 Å². The van der Waals surface area contributed by atoms with Crippen molar-refractivity contribution in [2.75, 3.05) is 18.5 Å². The van der Waals surface area contributed by atoms with Gasteiger partial charge in [0.2, 0.25) is 0 Å². The van der Waals surface area contributed by atoms with Gasteiger partial charge in [-0.1, -0.05) is 0 Å². The maximum Gasteiger partial charge on any atom is 0.323 e. The molecule has 1 aromatic carbocycles. The van der Waals surface area contributed by atoms with E-state index in [4.69, 9.17) is 10.4 Å². The molecule has 0 saturated heterocycles. The molecule has 0 spiro atoms. The van der Waals surface area contributed by atoms with E-state index >= 15 is 0 Å². The maximum atomic E-state index is 10.8. The monoisotopic (exact) mass is 235 g/mol. The van der Waals surface area contributed by atoms with E-state index in [0.717, 1.165) is 6.07 Å². The van der Waals surface area contributed by atoms with Crippen molar-refractivity contribution in [1.29, 1.82) is 5.26 Å². The number of nitro groups is 1. The third-order valence-corrected chi connectivity index (χ3v) is 2.08. The van der Waals surface area contributed by atoms with E-state index in [2.05, 4.69) is 0 Å². The minimum Gasteiger partial charge on any atom is -0.480 e. The number of hydrogen-bond acceptors (Lipinski definition) is 5. The fourth-order valence-electron chi connectivity index (χ4n) is 1.35. The van der Waals surface area contributed by atoms with Gasteiger partial charge in [0.1, 0.15) is 12.2 Å². The molecule has 0 bridgehead atoms. The molecule has 0 aliphatic rings. The van der Waals surface area contributed by atoms with Gasteiger partial charge in [-0.2, -0.15) is 5.26 Å². The molecule has 7 heteroatoms. The van der Waals surface area contributed by atoms with E-state index in [1.807, 2.05) is 0 Å². The van der Waals surface area contributed by atoms with Crippen LogP contribution < -0.4 is 4.90 Å². The average Bonchev–Trinajstić information content (AvgIpc) is 2.27. The molecule has 0 aliphatic carbocycles. The van der Waals surface area contributed by atoms with E-state index in [9.17, 15) is 14.9 Å². The van der Waals surface area contributed by atoms with Gasteiger partial charge in [-0.15, -0.1) is 0 Å². The molecule has 1 aromatic rings. The highest BCUT2D eigenvalue weighted by atomic mass is 16.6. The lowest BCUT2D eigenvalue weighted by Crippen LogP contribution is -2.25. The first kappa shape index (κ1) is 12.4. The largest absolute Gasteiger partial charge is 0.480 e. The van der Waals surface area contributed by atoms with Gasteiger partial charge < -0.3 is 10.0 Å². The Hall–Kier alpha value is -2.62. The molecule has 0 fully saturated rings. The summed E-state index contributed by atoms with van der Waals surface area (Å²) in [6.45, 7) is -0.354. The quantitative estimate of drug-likeness (QED) is 0.615. The molecule has 0 aromatic heterocycles. The average molecular weight is 235 g/mol. The highest BCUT2D eigenvalue weighted by molar-refractivity contribution is 5.76. The first-order valence-electron chi connectivity index (χ1n) is 4.57. The lowest BCUT2D eigenvalue weighted by Gasteiger charge is -2.16. The Morgan fingerprint density at radius 1 is 1.65 bits per heavy atom. The summed E-state index contributed by atoms with van der Waals surface area (Å²) in [5, 5.41) is 28.1. The number of likely N-dealkylation sites (N-methyl/N-ethyl adjacent to an activating group) is 1. The Balaban J connectivity index is 3.19. The van der Waals surface area contributed by atoms with Crippen molar-refractivity contribution in [3.63, 3.8) is 0 Å². The van der Waals surface area contributed by atoms with Crippen molar-refractivity contribution < 1.29 is 14.8 Å². The van der Waals surface area contributed by atoms with Crippen LogP contribution in [0.25, 0.3) is 0 Å². The first-order valence-corrected chi connectivity index (χ1v) is 4.57. The highest BCUT2D eigenvalue weighted by Crippen LogP contribution is 2.28. The van der Waals surface area contributed by atoms with Gasteiger partial charge in [0, 0.05) is 13.1 Å². The van der Waals surface area contributed by atoms with Crippen LogP contribution in [-0.2, 0) is 4.79 Å². The Kier molecular flexibility index (Phi) is 3.62. The van der Waals surface area contributed by atoms with Crippen LogP contribution in [0.4, 0.5) is 11.4 Å². The molecule has 1 rings (SSSR count). The Bertz CT molecular complexity index is 507. The second-order valence-electron chi connectivity index (χ2n) is 3.32. The smallest absolute Gasteiger partial charge is 0.323 e. The number of carbonyl (C=O) groups is 1. The van der Waals surface area contributed by atoms with E-state index in [-0.39, 0.29) is 23.5 Å². The number of carboxylic acid groups (broad SMARTS) is 1. The molecule has 88 valence electrons. The third-order valence-electron chi connectivity index (χ3n) is 2.08. The molecule has 7 nitrogen and oxygen atoms in total. The van der Waals surface area contributed by atoms with E-state index < -0.39 is 10.9 Å². The zero-order valence-electron chi connectivity index (χ0n) is 8.95. The molecule has 0 radical (unpaired) electrons. The number of carboxylic acids is 1. The number of nitro benzene ring substituents is 1. The summed E-state index contributed by atoms with van der Waals surface area (Å²) >= 11 is 0. The fraction of sp³-hybridized carbons (Fsp3) is 0.200. The van der Waals surface area contributed by atoms with E-state index in [1.54, 1.807) is 6.07 Å². The molecular formula is C10H9N3O4. The Morgan fingerprint density at radius 3 is 2.76 bits per heavy atom. The zero-order chi connectivity index (χ0) is 13.0. The number of benzene rings is 1. The standard InChI is InChI=1S/C10H9N3O4/c1-12(6-10(14)15)8-3-2-7(5-11)4-9(8)13(16)17/h2-4H,6H2,1H3,(H,14,15). The van der Waals surface area contributed by atoms with Gasteiger partial charge in [-0.05, 0) is 12.1 Å². The summed E-state index contributed by atoms with van der Waals surface area (Å²) in [6.07, 6.45) is 0. The molecule has 0 heterocycles. The predicted molar refractivity (Wildman–Crippen MR) is 58.7 cm³/mol. The van der Waals surface area contributed by atoms with Gasteiger partial charge in [-0.25, -0.2) is 0 Å². The summed E-state index contributed by atoms with van der Waals surface area (Å²) in [7, 11) is 1.43. The summed E-state index contributed by atoms with van der Waals surface area (Å²) in [4.78, 5) is 21.9. The number of aliphatic carboxylic acids is 1. The number of rotatable bonds is 4. The molecular weight excluding hydrogens is 226 g/mol. The lowest BCUT2D eigenvalue weighted by atomic mass is 10.2. The number of nitrogens with zero attached hydrogens (tertiary/aromatic N) is 3. The van der Waals surface area contributed by atoms with Crippen LogP contribution in [0.2, 0.25) is 0 Å². The molecule has 17 heavy (non-hydrogen) atoms. The van der Waals surface area contributed by atoms with Crippen molar-refractivity contribution in [3.8, 4) is 6.07 Å². The van der Waals surface area contributed by atoms with Crippen LogP contribution in [0.15, 0.2) is 18.2 Å². The van der Waals surface area contributed by atoms with Gasteiger partial charge in [0.15, 0.2) is 0 Å². The number of anilines is 1. The molecule has 1 N–H and O–H groups in total. The van der Waals surface area contributed by atoms with Crippen LogP contribution in [0.5, 0.6) is 0 Å². The minimum absolute atomic E-state index is 0.157. The normalized spacial score (nSPS) is 9.41. The minimum atomic E-state index is -1.09. The zero-order valence-corrected chi connectivity index (χ0v) is 8.95. The summed E-state index contributed by atoms with van der Waals surface area (Å²) in [5.41, 5.74) is 0.0355. The van der Waals surface area contributed by atoms with Crippen LogP contribution in [-0.4, -0.2) is 29.6 Å². The maximum absolute atomic E-state index is 10.8. The molecule has 0 unspecified atom stereocenters. The van der Waals surface area contributed by atoms with Gasteiger partial charge in [0.05, 0.1) is 16.6 Å². The second-order valence-corrected chi connectivity index (χ2v) is 3.32. The van der Waals surface area contributed by atoms with Gasteiger partial charge in [0.25, 0.3) is 5.69 Å². The Morgan fingerprint density at radius 2 is 2.29 bits per heavy atom. The van der Waals surface area contributed by atoms with Crippen LogP contribution >= 0.6 is 0 Å². The van der Waals surface area contributed by atoms with Crippen molar-refractivity contribution in [2.45, 2.75) is 0 Å². The van der Waals surface area contributed by atoms with Crippen LogP contribution in [0.1, 0.15) is 5.56 Å². The highest BCUT2D eigenvalue weighted by Gasteiger charge is 2.19. The van der Waals surface area contributed by atoms with E-state index in [0.29, 0.717) is 0 Å². The van der Waals surface area contributed by atoms with Gasteiger partial charge >= 0.3 is 5.97 Å². The second kappa shape index (κ2) is 4.94. The van der Waals surface area contributed by atoms with Gasteiger partial charge in [-0.3, -0.25) is 14.9 Å². The number of hydrogen-bond donors (Lipinski definition) is 1. The molecule has 0 aliphatic heterocycles. The van der Waals surface area contributed by atoms with Crippen molar-refractivity contribution in [2.24, 2.45) is 0 Å². The topological polar surface area (TPSA) is 107 Å². The lowest BCUT2D eigenvalue weighted by molar-refractivity contribution is -0.384. The van der Waals surface area contributed by atoms with Crippen LogP contribution in [0.3, 0.4) is 0 Å². The third kappa shape index (κ3) is 2.92. The van der Waals surface area contributed by atoms with Crippen molar-refractivity contribution in [3.05, 3.63) is 33.9 Å². The van der Waals surface area contributed by atoms with Crippen molar-refractivity contribution in [1.82, 2.24) is 0 Å². The Labute approximate surface area is 96.7 Å². The summed E-state index contributed by atoms with van der Waals surface area (Å²) in [6, 6.07) is 5.67. The van der Waals surface area contributed by atoms with Crippen molar-refractivity contribution >= 4 is 17.3 Å². The molecule has 0 atom stereocenters. The fourth-order valence-corrected chi connectivity index (χ4v) is 1.35. The summed E-state index contributed by atoms with van der Waals surface area (Å²) < 4.78 is 0. The predicted octanol–water partition coefficient (Wildman–Crippen LogP) is 0.987. The molecule has 0 saturated carbocycles. The molecule has 0 amide bonds. The summed E-state index contributed by atoms with van der Waals surface area (Å²) in [5.74, 6) is -1.09.